The van der Waals surface area contributed by atoms with Crippen LogP contribution in [0.1, 0.15) is 21.5 Å². The number of rotatable bonds is 2. The minimum Gasteiger partial charge on any atom is -0.288 e. The fourth-order valence-electron chi connectivity index (χ4n) is 1.09. The molecule has 0 unspecified atom stereocenters. The van der Waals surface area contributed by atoms with E-state index in [9.17, 15) is 18.0 Å². The Morgan fingerprint density at radius 2 is 1.86 bits per heavy atom. The topological polar surface area (TPSA) is 17.1 Å². The van der Waals surface area contributed by atoms with Crippen LogP contribution in [0.5, 0.6) is 0 Å². The Balaban J connectivity index is 3.24. The van der Waals surface area contributed by atoms with E-state index in [4.69, 9.17) is 0 Å². The van der Waals surface area contributed by atoms with Gasteiger partial charge >= 0.3 is 6.43 Å². The molecule has 0 heterocycles. The van der Waals surface area contributed by atoms with Gasteiger partial charge in [0.05, 0.1) is 5.56 Å². The van der Waals surface area contributed by atoms with E-state index >= 15 is 0 Å². The van der Waals surface area contributed by atoms with Gasteiger partial charge in [0.25, 0.3) is 0 Å². The first-order valence-electron chi connectivity index (χ1n) is 4.03. The number of alkyl halides is 2. The van der Waals surface area contributed by atoms with Gasteiger partial charge < -0.3 is 0 Å². The van der Waals surface area contributed by atoms with Crippen LogP contribution in [0.2, 0.25) is 0 Å². The van der Waals surface area contributed by atoms with Crippen molar-refractivity contribution in [2.24, 2.45) is 0 Å². The molecule has 1 aromatic carbocycles. The van der Waals surface area contributed by atoms with Crippen LogP contribution in [0.15, 0.2) is 12.1 Å². The van der Waals surface area contributed by atoms with Gasteiger partial charge in [-0.1, -0.05) is 6.07 Å². The molecule has 0 N–H and O–H groups in total. The monoisotopic (exact) mass is 202 g/mol. The number of carbonyl (C=O) groups is 1. The molecule has 14 heavy (non-hydrogen) atoms. The standard InChI is InChI=1S/C10H9F3O/c1-5-3-4-7(8(11)6(5)2)9(14)10(12)13/h3-4,10H,1-2H3. The minimum atomic E-state index is -3.16. The van der Waals surface area contributed by atoms with Crippen LogP contribution in [-0.2, 0) is 0 Å². The van der Waals surface area contributed by atoms with E-state index in [0.717, 1.165) is 6.07 Å². The van der Waals surface area contributed by atoms with Gasteiger partial charge in [-0.3, -0.25) is 4.79 Å². The first kappa shape index (κ1) is 10.8. The summed E-state index contributed by atoms with van der Waals surface area (Å²) in [6.45, 7) is 3.10. The van der Waals surface area contributed by atoms with E-state index in [-0.39, 0.29) is 5.56 Å². The summed E-state index contributed by atoms with van der Waals surface area (Å²) in [4.78, 5) is 10.8. The first-order chi connectivity index (χ1) is 6.45. The Hall–Kier alpha value is -1.32. The number of halogens is 3. The van der Waals surface area contributed by atoms with Crippen molar-refractivity contribution in [3.05, 3.63) is 34.6 Å². The summed E-state index contributed by atoms with van der Waals surface area (Å²) in [5.74, 6) is -2.32. The molecule has 0 radical (unpaired) electrons. The number of benzene rings is 1. The van der Waals surface area contributed by atoms with Gasteiger partial charge in [0, 0.05) is 0 Å². The molecule has 0 saturated heterocycles. The van der Waals surface area contributed by atoms with E-state index in [0.29, 0.717) is 5.56 Å². The van der Waals surface area contributed by atoms with E-state index < -0.39 is 23.6 Å². The van der Waals surface area contributed by atoms with Gasteiger partial charge in [-0.05, 0) is 31.0 Å². The Labute approximate surface area is 79.5 Å². The Bertz CT molecular complexity index is 372. The van der Waals surface area contributed by atoms with Crippen LogP contribution >= 0.6 is 0 Å². The minimum absolute atomic E-state index is 0.233. The highest BCUT2D eigenvalue weighted by atomic mass is 19.3. The molecule has 0 saturated carbocycles. The SMILES string of the molecule is Cc1ccc(C(=O)C(F)F)c(F)c1C. The molecule has 0 fully saturated rings. The van der Waals surface area contributed by atoms with Gasteiger partial charge in [-0.15, -0.1) is 0 Å². The highest BCUT2D eigenvalue weighted by Crippen LogP contribution is 2.18. The fourth-order valence-corrected chi connectivity index (χ4v) is 1.09. The number of carbonyl (C=O) groups excluding carboxylic acids is 1. The molecule has 0 aliphatic heterocycles. The summed E-state index contributed by atoms with van der Waals surface area (Å²) in [7, 11) is 0. The molecule has 1 aromatic rings. The molecule has 76 valence electrons. The second-order valence-corrected chi connectivity index (χ2v) is 3.03. The Kier molecular flexibility index (Phi) is 2.93. The van der Waals surface area contributed by atoms with Crippen molar-refractivity contribution in [2.45, 2.75) is 20.3 Å². The molecule has 0 bridgehead atoms. The van der Waals surface area contributed by atoms with Gasteiger partial charge in [0.1, 0.15) is 5.82 Å². The lowest BCUT2D eigenvalue weighted by Crippen LogP contribution is -2.13. The predicted molar refractivity (Wildman–Crippen MR) is 46.2 cm³/mol. The lowest BCUT2D eigenvalue weighted by atomic mass is 10.0. The van der Waals surface area contributed by atoms with Crippen molar-refractivity contribution in [1.82, 2.24) is 0 Å². The zero-order chi connectivity index (χ0) is 10.9. The van der Waals surface area contributed by atoms with Crippen molar-refractivity contribution in [3.8, 4) is 0 Å². The molecule has 0 aromatic heterocycles. The van der Waals surface area contributed by atoms with E-state index in [1.165, 1.54) is 13.0 Å². The van der Waals surface area contributed by atoms with Crippen molar-refractivity contribution in [1.29, 1.82) is 0 Å². The molecule has 0 atom stereocenters. The average molecular weight is 202 g/mol. The van der Waals surface area contributed by atoms with Crippen molar-refractivity contribution < 1.29 is 18.0 Å². The van der Waals surface area contributed by atoms with E-state index in [1.807, 2.05) is 0 Å². The molecule has 0 aliphatic rings. The third-order valence-electron chi connectivity index (χ3n) is 2.12. The zero-order valence-corrected chi connectivity index (χ0v) is 7.77. The second kappa shape index (κ2) is 3.82. The summed E-state index contributed by atoms with van der Waals surface area (Å²) in [5.41, 5.74) is 0.327. The molecule has 1 nitrogen and oxygen atoms in total. The number of Topliss-reactive ketones (excluding diaryl/α,β-unsaturated/α-hetero) is 1. The quantitative estimate of drug-likeness (QED) is 0.674. The van der Waals surface area contributed by atoms with Crippen molar-refractivity contribution in [3.63, 3.8) is 0 Å². The highest BCUT2D eigenvalue weighted by Gasteiger charge is 2.22. The number of aryl methyl sites for hydroxylation is 1. The van der Waals surface area contributed by atoms with Crippen LogP contribution < -0.4 is 0 Å². The Morgan fingerprint density at radius 1 is 1.29 bits per heavy atom. The lowest BCUT2D eigenvalue weighted by Gasteiger charge is -2.06. The Morgan fingerprint density at radius 3 is 2.36 bits per heavy atom. The molecule has 0 aliphatic carbocycles. The largest absolute Gasteiger partial charge is 0.300 e. The molecule has 1 rings (SSSR count). The molecular formula is C10H9F3O. The molecular weight excluding hydrogens is 193 g/mol. The summed E-state index contributed by atoms with van der Waals surface area (Å²) in [6, 6.07) is 2.54. The van der Waals surface area contributed by atoms with Crippen LogP contribution in [-0.4, -0.2) is 12.2 Å². The van der Waals surface area contributed by atoms with Gasteiger partial charge in [-0.25, -0.2) is 13.2 Å². The van der Waals surface area contributed by atoms with Crippen LogP contribution in [0.4, 0.5) is 13.2 Å². The maximum absolute atomic E-state index is 13.3. The summed E-state index contributed by atoms with van der Waals surface area (Å²) in [5, 5.41) is 0. The lowest BCUT2D eigenvalue weighted by molar-refractivity contribution is 0.0674. The summed E-state index contributed by atoms with van der Waals surface area (Å²) in [6.07, 6.45) is -3.16. The first-order valence-corrected chi connectivity index (χ1v) is 4.03. The van der Waals surface area contributed by atoms with Crippen molar-refractivity contribution in [2.75, 3.05) is 0 Å². The summed E-state index contributed by atoms with van der Waals surface area (Å²) >= 11 is 0. The van der Waals surface area contributed by atoms with Gasteiger partial charge in [0.15, 0.2) is 0 Å². The van der Waals surface area contributed by atoms with Crippen LogP contribution in [0.25, 0.3) is 0 Å². The number of hydrogen-bond donors (Lipinski definition) is 0. The maximum Gasteiger partial charge on any atom is 0.300 e. The van der Waals surface area contributed by atoms with Crippen LogP contribution in [0, 0.1) is 19.7 Å². The van der Waals surface area contributed by atoms with Crippen molar-refractivity contribution >= 4 is 5.78 Å². The third kappa shape index (κ3) is 1.78. The highest BCUT2D eigenvalue weighted by molar-refractivity contribution is 5.98. The zero-order valence-electron chi connectivity index (χ0n) is 7.77. The third-order valence-corrected chi connectivity index (χ3v) is 2.12. The molecule has 4 heteroatoms. The normalized spacial score (nSPS) is 10.7. The molecule has 0 amide bonds. The average Bonchev–Trinajstić information content (AvgIpc) is 2.13. The molecule has 0 spiro atoms. The van der Waals surface area contributed by atoms with Crippen LogP contribution in [0.3, 0.4) is 0 Å². The number of hydrogen-bond acceptors (Lipinski definition) is 1. The maximum atomic E-state index is 13.3. The summed E-state index contributed by atoms with van der Waals surface area (Å²) < 4.78 is 37.3. The van der Waals surface area contributed by atoms with E-state index in [1.54, 1.807) is 6.92 Å². The smallest absolute Gasteiger partial charge is 0.288 e. The fraction of sp³-hybridized carbons (Fsp3) is 0.300. The van der Waals surface area contributed by atoms with E-state index in [2.05, 4.69) is 0 Å². The predicted octanol–water partition coefficient (Wildman–Crippen LogP) is 2.89. The second-order valence-electron chi connectivity index (χ2n) is 3.03. The van der Waals surface area contributed by atoms with Gasteiger partial charge in [0.2, 0.25) is 5.78 Å². The van der Waals surface area contributed by atoms with Gasteiger partial charge in [-0.2, -0.15) is 0 Å². The number of ketones is 1.